The molecule has 2 aliphatic heterocycles. The predicted molar refractivity (Wildman–Crippen MR) is 174 cm³/mol. The van der Waals surface area contributed by atoms with Crippen molar-refractivity contribution in [3.63, 3.8) is 0 Å². The summed E-state index contributed by atoms with van der Waals surface area (Å²) >= 11 is 6.18. The third kappa shape index (κ3) is 6.05. The second-order valence-corrected chi connectivity index (χ2v) is 13.8. The number of halogens is 3. The second-order valence-electron chi connectivity index (χ2n) is 13.3. The number of allylic oxidation sites excluding steroid dienone is 1. The Balaban J connectivity index is 0.000000367. The van der Waals surface area contributed by atoms with Gasteiger partial charge in [-0.25, -0.2) is 13.8 Å². The van der Waals surface area contributed by atoms with Crippen molar-refractivity contribution in [2.45, 2.75) is 83.7 Å². The number of hydrogen-bond donors (Lipinski definition) is 3. The highest BCUT2D eigenvalue weighted by Gasteiger charge is 2.47. The minimum Gasteiger partial charge on any atom is -0.388 e. The van der Waals surface area contributed by atoms with E-state index in [-0.39, 0.29) is 22.8 Å². The van der Waals surface area contributed by atoms with Crippen LogP contribution in [0.25, 0.3) is 0 Å². The maximum absolute atomic E-state index is 16.3. The smallest absolute Gasteiger partial charge is 0.171 e. The molecule has 0 spiro atoms. The van der Waals surface area contributed by atoms with Gasteiger partial charge in [-0.2, -0.15) is 5.10 Å². The van der Waals surface area contributed by atoms with E-state index >= 15 is 8.78 Å². The fourth-order valence-electron chi connectivity index (χ4n) is 6.15. The van der Waals surface area contributed by atoms with Gasteiger partial charge in [0.25, 0.3) is 0 Å². The Morgan fingerprint density at radius 3 is 2.52 bits per heavy atom. The molecule has 1 aromatic carbocycles. The molecule has 7 rings (SSSR count). The number of fused-ring (bicyclic) bond motifs is 1. The lowest BCUT2D eigenvalue weighted by Crippen LogP contribution is -2.54. The maximum atomic E-state index is 16.3. The van der Waals surface area contributed by atoms with E-state index in [4.69, 9.17) is 11.6 Å². The molecule has 2 aromatic heterocycles. The number of rotatable bonds is 9. The van der Waals surface area contributed by atoms with Gasteiger partial charge in [0.05, 0.1) is 29.1 Å². The zero-order chi connectivity index (χ0) is 31.2. The number of H-pyrrole nitrogens is 1. The minimum atomic E-state index is -1.01. The van der Waals surface area contributed by atoms with Crippen molar-refractivity contribution < 1.29 is 8.78 Å². The number of nitrogens with one attached hydrogen (secondary N) is 3. The van der Waals surface area contributed by atoms with E-state index in [1.807, 2.05) is 18.0 Å². The molecule has 10 heteroatoms. The highest BCUT2D eigenvalue weighted by molar-refractivity contribution is 6.30. The maximum Gasteiger partial charge on any atom is 0.171 e. The first-order valence-electron chi connectivity index (χ1n) is 16.0. The van der Waals surface area contributed by atoms with Crippen LogP contribution >= 0.6 is 11.6 Å². The van der Waals surface area contributed by atoms with E-state index < -0.39 is 17.0 Å². The van der Waals surface area contributed by atoms with Crippen LogP contribution in [-0.2, 0) is 5.41 Å². The Bertz CT molecular complexity index is 1520. The summed E-state index contributed by atoms with van der Waals surface area (Å²) in [7, 11) is 0. The van der Waals surface area contributed by atoms with Gasteiger partial charge < -0.3 is 15.5 Å². The molecule has 0 bridgehead atoms. The van der Waals surface area contributed by atoms with Crippen molar-refractivity contribution >= 4 is 28.9 Å². The normalized spacial score (nSPS) is 21.8. The number of likely N-dealkylation sites (tertiary alicyclic amines) is 1. The molecule has 3 fully saturated rings. The number of nitrogens with zero attached hydrogens (tertiary/aromatic N) is 4. The molecule has 4 heterocycles. The number of benzene rings is 1. The van der Waals surface area contributed by atoms with Crippen LogP contribution in [0, 0.1) is 17.6 Å². The van der Waals surface area contributed by atoms with Gasteiger partial charge in [-0.1, -0.05) is 57.0 Å². The SMILES string of the molecule is C(NC1CC1)=C1CC1.CCN1CC(Nc2ncc3c(c2F)[C@@](C)(c2cccc(Cl)c2F)CN3c2[nH]ncc2C(C)C(C)C)C1. The summed E-state index contributed by atoms with van der Waals surface area (Å²) in [6.45, 7) is 13.4. The summed E-state index contributed by atoms with van der Waals surface area (Å²) in [4.78, 5) is 8.75. The van der Waals surface area contributed by atoms with Crippen molar-refractivity contribution in [1.82, 2.24) is 25.4 Å². The molecule has 3 aromatic rings. The molecule has 4 aliphatic rings. The van der Waals surface area contributed by atoms with E-state index in [9.17, 15) is 0 Å². The Morgan fingerprint density at radius 1 is 1.11 bits per heavy atom. The molecule has 2 saturated carbocycles. The van der Waals surface area contributed by atoms with E-state index in [0.29, 0.717) is 29.3 Å². The quantitative estimate of drug-likeness (QED) is 0.229. The Morgan fingerprint density at radius 2 is 1.86 bits per heavy atom. The van der Waals surface area contributed by atoms with Crippen molar-refractivity contribution in [3.8, 4) is 0 Å². The third-order valence-corrected chi connectivity index (χ3v) is 9.95. The molecule has 2 atom stereocenters. The van der Waals surface area contributed by atoms with Crippen LogP contribution in [0.15, 0.2) is 42.4 Å². The van der Waals surface area contributed by atoms with E-state index in [2.05, 4.69) is 64.6 Å². The second kappa shape index (κ2) is 12.3. The highest BCUT2D eigenvalue weighted by atomic mass is 35.5. The number of pyridine rings is 1. The van der Waals surface area contributed by atoms with Crippen LogP contribution < -0.4 is 15.5 Å². The van der Waals surface area contributed by atoms with Gasteiger partial charge in [-0.05, 0) is 63.3 Å². The largest absolute Gasteiger partial charge is 0.388 e. The molecule has 2 aliphatic carbocycles. The van der Waals surface area contributed by atoms with Crippen LogP contribution in [0.4, 0.5) is 26.1 Å². The summed E-state index contributed by atoms with van der Waals surface area (Å²) in [6.07, 6.45) is 11.2. The molecule has 1 unspecified atom stereocenters. The molecule has 0 amide bonds. The fraction of sp³-hybridized carbons (Fsp3) is 0.529. The van der Waals surface area contributed by atoms with Gasteiger partial charge in [-0.15, -0.1) is 0 Å². The number of aromatic nitrogens is 3. The first-order chi connectivity index (χ1) is 21.1. The van der Waals surface area contributed by atoms with Crippen molar-refractivity contribution in [2.24, 2.45) is 5.92 Å². The minimum absolute atomic E-state index is 0.0197. The summed E-state index contributed by atoms with van der Waals surface area (Å²) in [5.74, 6) is 0.596. The van der Waals surface area contributed by atoms with Crippen LogP contribution in [0.1, 0.15) is 82.9 Å². The summed E-state index contributed by atoms with van der Waals surface area (Å²) in [5.41, 5.74) is 3.00. The van der Waals surface area contributed by atoms with Gasteiger partial charge in [0, 0.05) is 47.8 Å². The zero-order valence-electron chi connectivity index (χ0n) is 26.4. The number of likely N-dealkylation sites (N-methyl/N-ethyl adjacent to an activating group) is 1. The van der Waals surface area contributed by atoms with Crippen molar-refractivity contribution in [2.75, 3.05) is 36.4 Å². The average Bonchev–Trinajstić information content (AvgIpc) is 3.91. The van der Waals surface area contributed by atoms with E-state index in [1.165, 1.54) is 31.7 Å². The molecule has 7 nitrogen and oxygen atoms in total. The van der Waals surface area contributed by atoms with E-state index in [1.54, 1.807) is 23.9 Å². The van der Waals surface area contributed by atoms with Crippen LogP contribution in [0.5, 0.6) is 0 Å². The van der Waals surface area contributed by atoms with Gasteiger partial charge in [0.15, 0.2) is 11.6 Å². The lowest BCUT2D eigenvalue weighted by molar-refractivity contribution is 0.171. The molecule has 236 valence electrons. The van der Waals surface area contributed by atoms with E-state index in [0.717, 1.165) is 37.1 Å². The zero-order valence-corrected chi connectivity index (χ0v) is 27.1. The van der Waals surface area contributed by atoms with Gasteiger partial charge in [0.2, 0.25) is 0 Å². The third-order valence-electron chi connectivity index (χ3n) is 9.65. The summed E-state index contributed by atoms with van der Waals surface area (Å²) < 4.78 is 31.8. The Kier molecular flexibility index (Phi) is 8.63. The lowest BCUT2D eigenvalue weighted by atomic mass is 9.77. The number of anilines is 3. The first-order valence-corrected chi connectivity index (χ1v) is 16.4. The van der Waals surface area contributed by atoms with Crippen molar-refractivity contribution in [1.29, 1.82) is 0 Å². The molecule has 1 saturated heterocycles. The summed E-state index contributed by atoms with van der Waals surface area (Å²) in [6, 6.07) is 5.89. The monoisotopic (exact) mass is 623 g/mol. The molecule has 44 heavy (non-hydrogen) atoms. The molecular formula is C34H44ClF2N7. The Labute approximate surface area is 264 Å². The lowest BCUT2D eigenvalue weighted by Gasteiger charge is -2.39. The number of aromatic amines is 1. The summed E-state index contributed by atoms with van der Waals surface area (Å²) in [5, 5.41) is 14.1. The first kappa shape index (κ1) is 30.8. The van der Waals surface area contributed by atoms with Crippen LogP contribution in [0.2, 0.25) is 5.02 Å². The predicted octanol–water partition coefficient (Wildman–Crippen LogP) is 7.49. The fourth-order valence-corrected chi connectivity index (χ4v) is 6.32. The highest BCUT2D eigenvalue weighted by Crippen LogP contribution is 2.51. The van der Waals surface area contributed by atoms with Crippen LogP contribution in [-0.4, -0.2) is 58.3 Å². The van der Waals surface area contributed by atoms with Gasteiger partial charge in [-0.3, -0.25) is 10.00 Å². The molecule has 0 radical (unpaired) electrons. The van der Waals surface area contributed by atoms with Gasteiger partial charge >= 0.3 is 0 Å². The standard InChI is InChI=1S/C27H33ClF2N6.C7H11N/c1-6-35-12-17(13-35)33-25-24(30)22-21(11-31-25)36(26-18(10-32-34-26)16(4)15(2)3)14-27(22,5)19-8-7-9-20(28)23(19)29;1-2-6(1)5-8-7-3-4-7/h7-11,15-17H,6,12-14H2,1-5H3,(H,31,33)(H,32,34);5,7-8H,1-4H2/t16?,27-;/m1./s1. The molecule has 3 N–H and O–H groups in total. The van der Waals surface area contributed by atoms with Crippen molar-refractivity contribution in [3.05, 3.63) is 75.7 Å². The Hall–Kier alpha value is -3.17. The van der Waals surface area contributed by atoms with Gasteiger partial charge in [0.1, 0.15) is 11.6 Å². The number of hydrogen-bond acceptors (Lipinski definition) is 6. The average molecular weight is 624 g/mol. The topological polar surface area (TPSA) is 72.1 Å². The van der Waals surface area contributed by atoms with Crippen LogP contribution in [0.3, 0.4) is 0 Å². The molecular weight excluding hydrogens is 580 g/mol.